The minimum Gasteiger partial charge on any atom is -0.227 e. The van der Waals surface area contributed by atoms with Crippen molar-refractivity contribution in [2.45, 2.75) is 6.92 Å². The number of aromatic nitrogens is 2. The normalized spacial score (nSPS) is 10.9. The first kappa shape index (κ1) is 10.8. The molecule has 0 saturated heterocycles. The van der Waals surface area contributed by atoms with Crippen molar-refractivity contribution in [1.82, 2.24) is 9.61 Å². The molecule has 0 atom stereocenters. The lowest BCUT2D eigenvalue weighted by atomic mass is 10.0. The second kappa shape index (κ2) is 4.14. The molecule has 0 amide bonds. The van der Waals surface area contributed by atoms with Gasteiger partial charge in [-0.25, -0.2) is 4.52 Å². The van der Waals surface area contributed by atoms with Crippen LogP contribution in [0.2, 0.25) is 0 Å². The second-order valence-corrected chi connectivity index (χ2v) is 5.11. The highest BCUT2D eigenvalue weighted by Crippen LogP contribution is 2.28. The molecule has 2 nitrogen and oxygen atoms in total. The maximum Gasteiger partial charge on any atom is 0.104 e. The van der Waals surface area contributed by atoms with Gasteiger partial charge in [-0.1, -0.05) is 30.3 Å². The molecule has 0 spiro atoms. The summed E-state index contributed by atoms with van der Waals surface area (Å²) in [6.45, 7) is 2.15. The van der Waals surface area contributed by atoms with E-state index in [4.69, 9.17) is 0 Å². The van der Waals surface area contributed by atoms with Crippen LogP contribution in [0.1, 0.15) is 5.56 Å². The molecule has 0 aliphatic rings. The topological polar surface area (TPSA) is 17.3 Å². The number of nitrogens with zero attached hydrogens (tertiary/aromatic N) is 2. The molecule has 0 aliphatic heterocycles. The van der Waals surface area contributed by atoms with Crippen LogP contribution in [-0.2, 0) is 0 Å². The Morgan fingerprint density at radius 3 is 2.65 bits per heavy atom. The molecule has 0 bridgehead atoms. The summed E-state index contributed by atoms with van der Waals surface area (Å²) in [6.07, 6.45) is 1.85. The van der Waals surface area contributed by atoms with Crippen LogP contribution in [0.5, 0.6) is 0 Å². The van der Waals surface area contributed by atoms with Crippen LogP contribution in [0, 0.1) is 10.6 Å². The van der Waals surface area contributed by atoms with Gasteiger partial charge >= 0.3 is 0 Å². The predicted molar refractivity (Wildman–Crippen MR) is 78.1 cm³/mol. The Bertz CT molecular complexity index is 671. The van der Waals surface area contributed by atoms with Crippen LogP contribution in [0.25, 0.3) is 16.6 Å². The number of pyridine rings is 1. The van der Waals surface area contributed by atoms with E-state index in [0.29, 0.717) is 0 Å². The van der Waals surface area contributed by atoms with E-state index in [9.17, 15) is 0 Å². The molecule has 2 aromatic heterocycles. The summed E-state index contributed by atoms with van der Waals surface area (Å²) < 4.78 is 3.11. The lowest BCUT2D eigenvalue weighted by Gasteiger charge is -2.09. The summed E-state index contributed by atoms with van der Waals surface area (Å²) in [5.74, 6) is 0. The Balaban J connectivity index is 2.34. The zero-order valence-corrected chi connectivity index (χ0v) is 11.5. The minimum absolute atomic E-state index is 1.13. The van der Waals surface area contributed by atoms with Crippen LogP contribution in [0.15, 0.2) is 48.7 Å². The first-order valence-electron chi connectivity index (χ1n) is 5.45. The smallest absolute Gasteiger partial charge is 0.104 e. The Hall–Kier alpha value is -1.36. The van der Waals surface area contributed by atoms with Crippen LogP contribution in [0.4, 0.5) is 0 Å². The molecule has 3 aromatic rings. The first-order valence-corrected chi connectivity index (χ1v) is 6.53. The highest BCUT2D eigenvalue weighted by atomic mass is 127. The minimum atomic E-state index is 1.13. The number of halogens is 1. The average Bonchev–Trinajstić information content (AvgIpc) is 2.85. The van der Waals surface area contributed by atoms with Gasteiger partial charge in [0, 0.05) is 0 Å². The van der Waals surface area contributed by atoms with E-state index in [1.165, 1.54) is 22.2 Å². The van der Waals surface area contributed by atoms with Crippen molar-refractivity contribution in [3.05, 3.63) is 57.9 Å². The van der Waals surface area contributed by atoms with Crippen molar-refractivity contribution < 1.29 is 0 Å². The Morgan fingerprint density at radius 2 is 1.88 bits per heavy atom. The van der Waals surface area contributed by atoms with E-state index < -0.39 is 0 Å². The number of hydrogen-bond donors (Lipinski definition) is 0. The summed E-state index contributed by atoms with van der Waals surface area (Å²) in [7, 11) is 0. The Kier molecular flexibility index (Phi) is 2.63. The van der Waals surface area contributed by atoms with Gasteiger partial charge in [-0.2, -0.15) is 5.10 Å². The van der Waals surface area contributed by atoms with Gasteiger partial charge in [0.05, 0.1) is 11.7 Å². The lowest BCUT2D eigenvalue weighted by molar-refractivity contribution is 0.928. The Morgan fingerprint density at radius 1 is 1.12 bits per heavy atom. The standard InChI is InChI=1S/C14H11IN2/c1-10-12(11-5-3-2-4-6-11)9-14(15)17-13(10)7-8-16-17/h2-9H,1H3. The van der Waals surface area contributed by atoms with Crippen molar-refractivity contribution in [3.8, 4) is 11.1 Å². The van der Waals surface area contributed by atoms with Crippen molar-refractivity contribution in [3.63, 3.8) is 0 Å². The van der Waals surface area contributed by atoms with Crippen molar-refractivity contribution in [2.24, 2.45) is 0 Å². The third kappa shape index (κ3) is 1.74. The van der Waals surface area contributed by atoms with Gasteiger partial charge in [0.2, 0.25) is 0 Å². The molecule has 3 heteroatoms. The fourth-order valence-electron chi connectivity index (χ4n) is 2.10. The summed E-state index contributed by atoms with van der Waals surface area (Å²) >= 11 is 2.32. The molecule has 0 radical (unpaired) electrons. The number of rotatable bonds is 1. The van der Waals surface area contributed by atoms with E-state index >= 15 is 0 Å². The third-order valence-electron chi connectivity index (χ3n) is 2.98. The number of hydrogen-bond acceptors (Lipinski definition) is 1. The largest absolute Gasteiger partial charge is 0.227 e. The first-order chi connectivity index (χ1) is 8.27. The van der Waals surface area contributed by atoms with E-state index in [1.54, 1.807) is 0 Å². The number of benzene rings is 1. The van der Waals surface area contributed by atoms with E-state index in [1.807, 2.05) is 16.8 Å². The molecule has 1 aromatic carbocycles. The average molecular weight is 334 g/mol. The van der Waals surface area contributed by atoms with Crippen molar-refractivity contribution >= 4 is 28.1 Å². The zero-order valence-electron chi connectivity index (χ0n) is 9.39. The van der Waals surface area contributed by atoms with Gasteiger partial charge in [0.25, 0.3) is 0 Å². The van der Waals surface area contributed by atoms with Gasteiger partial charge in [-0.05, 0) is 58.3 Å². The summed E-state index contributed by atoms with van der Waals surface area (Å²) in [6, 6.07) is 14.7. The van der Waals surface area contributed by atoms with Crippen LogP contribution in [0.3, 0.4) is 0 Å². The summed E-state index contributed by atoms with van der Waals surface area (Å²) in [5, 5.41) is 4.32. The molecule has 17 heavy (non-hydrogen) atoms. The van der Waals surface area contributed by atoms with Crippen molar-refractivity contribution in [2.75, 3.05) is 0 Å². The van der Waals surface area contributed by atoms with Gasteiger partial charge in [-0.15, -0.1) is 0 Å². The van der Waals surface area contributed by atoms with Gasteiger partial charge in [0.15, 0.2) is 0 Å². The summed E-state index contributed by atoms with van der Waals surface area (Å²) in [5.41, 5.74) is 4.99. The fourth-order valence-corrected chi connectivity index (χ4v) is 2.80. The predicted octanol–water partition coefficient (Wildman–Crippen LogP) is 3.91. The van der Waals surface area contributed by atoms with Crippen LogP contribution >= 0.6 is 22.6 Å². The van der Waals surface area contributed by atoms with Gasteiger partial charge in [0.1, 0.15) is 3.70 Å². The molecular weight excluding hydrogens is 323 g/mol. The van der Waals surface area contributed by atoms with Gasteiger partial charge < -0.3 is 0 Å². The molecule has 2 heterocycles. The van der Waals surface area contributed by atoms with Crippen molar-refractivity contribution in [1.29, 1.82) is 0 Å². The molecule has 3 rings (SSSR count). The van der Waals surface area contributed by atoms with Crippen LogP contribution in [-0.4, -0.2) is 9.61 Å². The monoisotopic (exact) mass is 334 g/mol. The maximum atomic E-state index is 4.32. The molecule has 0 aliphatic carbocycles. The molecule has 0 fully saturated rings. The highest BCUT2D eigenvalue weighted by Gasteiger charge is 2.09. The lowest BCUT2D eigenvalue weighted by Crippen LogP contribution is -1.97. The van der Waals surface area contributed by atoms with E-state index in [-0.39, 0.29) is 0 Å². The molecular formula is C14H11IN2. The Labute approximate surface area is 113 Å². The number of fused-ring (bicyclic) bond motifs is 1. The number of aryl methyl sites for hydroxylation is 1. The maximum absolute atomic E-state index is 4.32. The molecule has 0 unspecified atom stereocenters. The van der Waals surface area contributed by atoms with Crippen LogP contribution < -0.4 is 0 Å². The van der Waals surface area contributed by atoms with E-state index in [0.717, 1.165) is 3.70 Å². The SMILES string of the molecule is Cc1c(-c2ccccc2)cc(I)n2nccc12. The zero-order chi connectivity index (χ0) is 11.8. The second-order valence-electron chi connectivity index (χ2n) is 4.00. The fraction of sp³-hybridized carbons (Fsp3) is 0.0714. The van der Waals surface area contributed by atoms with E-state index in [2.05, 4.69) is 71.0 Å². The summed E-state index contributed by atoms with van der Waals surface area (Å²) in [4.78, 5) is 0. The van der Waals surface area contributed by atoms with Gasteiger partial charge in [-0.3, -0.25) is 0 Å². The molecule has 84 valence electrons. The molecule has 0 N–H and O–H groups in total. The molecule has 0 saturated carbocycles. The third-order valence-corrected chi connectivity index (χ3v) is 3.75. The quantitative estimate of drug-likeness (QED) is 0.487. The highest BCUT2D eigenvalue weighted by molar-refractivity contribution is 14.1.